The van der Waals surface area contributed by atoms with Crippen LogP contribution in [-0.2, 0) is 14.3 Å². The van der Waals surface area contributed by atoms with Gasteiger partial charge in [-0.1, -0.05) is 26.0 Å². The van der Waals surface area contributed by atoms with Crippen LogP contribution >= 0.6 is 0 Å². The molecule has 5 nitrogen and oxygen atoms in total. The van der Waals surface area contributed by atoms with Crippen LogP contribution in [-0.4, -0.2) is 36.8 Å². The van der Waals surface area contributed by atoms with Gasteiger partial charge in [0.2, 0.25) is 0 Å². The van der Waals surface area contributed by atoms with Gasteiger partial charge in [0.05, 0.1) is 25.9 Å². The lowest BCUT2D eigenvalue weighted by Crippen LogP contribution is -2.43. The second kappa shape index (κ2) is 7.90. The maximum Gasteiger partial charge on any atom is 0.184 e. The molecule has 0 radical (unpaired) electrons. The van der Waals surface area contributed by atoms with Gasteiger partial charge < -0.3 is 19.3 Å². The smallest absolute Gasteiger partial charge is 0.184 e. The molecular weight excluding hydrogens is 296 g/mol. The number of aliphatic hydroxyl groups is 1. The van der Waals surface area contributed by atoms with Gasteiger partial charge in [-0.2, -0.15) is 0 Å². The molecule has 0 aromatic heterocycles. The van der Waals surface area contributed by atoms with Gasteiger partial charge in [-0.05, 0) is 19.1 Å². The highest BCUT2D eigenvalue weighted by molar-refractivity contribution is 5.75. The lowest BCUT2D eigenvalue weighted by Gasteiger charge is -2.39. The Morgan fingerprint density at radius 2 is 2.04 bits per heavy atom. The summed E-state index contributed by atoms with van der Waals surface area (Å²) < 4.78 is 17.0. The second-order valence-corrected chi connectivity index (χ2v) is 6.35. The number of Topliss-reactive ketones (excluding diaryl/α,β-unsaturated/α-hetero) is 1. The first-order valence-corrected chi connectivity index (χ1v) is 8.01. The van der Waals surface area contributed by atoms with Crippen molar-refractivity contribution >= 4 is 5.78 Å². The van der Waals surface area contributed by atoms with Crippen LogP contribution in [0.15, 0.2) is 24.3 Å². The molecule has 1 aromatic carbocycles. The highest BCUT2D eigenvalue weighted by Crippen LogP contribution is 2.34. The van der Waals surface area contributed by atoms with E-state index < -0.39 is 12.4 Å². The zero-order valence-corrected chi connectivity index (χ0v) is 14.2. The van der Waals surface area contributed by atoms with Gasteiger partial charge in [-0.15, -0.1) is 0 Å². The van der Waals surface area contributed by atoms with E-state index in [1.807, 2.05) is 38.1 Å². The van der Waals surface area contributed by atoms with E-state index in [2.05, 4.69) is 0 Å². The van der Waals surface area contributed by atoms with Crippen molar-refractivity contribution in [2.45, 2.75) is 45.7 Å². The Morgan fingerprint density at radius 3 is 2.61 bits per heavy atom. The van der Waals surface area contributed by atoms with Gasteiger partial charge in [-0.3, -0.25) is 4.79 Å². The van der Waals surface area contributed by atoms with Crippen molar-refractivity contribution < 1.29 is 24.1 Å². The first-order valence-electron chi connectivity index (χ1n) is 8.01. The largest absolute Gasteiger partial charge is 0.497 e. The summed E-state index contributed by atoms with van der Waals surface area (Å²) in [5, 5.41) is 10.2. The van der Waals surface area contributed by atoms with Crippen LogP contribution in [0.5, 0.6) is 5.75 Å². The van der Waals surface area contributed by atoms with E-state index in [4.69, 9.17) is 14.2 Å². The summed E-state index contributed by atoms with van der Waals surface area (Å²) >= 11 is 0. The first-order chi connectivity index (χ1) is 10.9. The molecule has 1 N–H and O–H groups in total. The average Bonchev–Trinajstić information content (AvgIpc) is 2.54. The lowest BCUT2D eigenvalue weighted by atomic mass is 9.87. The van der Waals surface area contributed by atoms with Crippen molar-refractivity contribution in [1.29, 1.82) is 0 Å². The Kier molecular flexibility index (Phi) is 6.16. The van der Waals surface area contributed by atoms with Crippen molar-refractivity contribution in [2.24, 2.45) is 11.8 Å². The molecule has 1 fully saturated rings. The number of aliphatic hydroxyl groups excluding tert-OH is 1. The highest BCUT2D eigenvalue weighted by atomic mass is 16.7. The molecule has 0 spiro atoms. The van der Waals surface area contributed by atoms with Crippen LogP contribution in [0.25, 0.3) is 0 Å². The van der Waals surface area contributed by atoms with Gasteiger partial charge in [0.1, 0.15) is 11.5 Å². The van der Waals surface area contributed by atoms with Crippen LogP contribution in [0.4, 0.5) is 0 Å². The van der Waals surface area contributed by atoms with E-state index in [0.29, 0.717) is 6.61 Å². The lowest BCUT2D eigenvalue weighted by molar-refractivity contribution is -0.255. The average molecular weight is 322 g/mol. The Morgan fingerprint density at radius 1 is 1.39 bits per heavy atom. The minimum absolute atomic E-state index is 0.0178. The van der Waals surface area contributed by atoms with Crippen molar-refractivity contribution in [3.05, 3.63) is 29.8 Å². The quantitative estimate of drug-likeness (QED) is 0.872. The van der Waals surface area contributed by atoms with E-state index in [9.17, 15) is 9.90 Å². The summed E-state index contributed by atoms with van der Waals surface area (Å²) in [6, 6.07) is 7.55. The Labute approximate surface area is 137 Å². The maximum atomic E-state index is 11.2. The van der Waals surface area contributed by atoms with E-state index in [0.717, 1.165) is 11.3 Å². The summed E-state index contributed by atoms with van der Waals surface area (Å²) in [6.07, 6.45) is -1.17. The van der Waals surface area contributed by atoms with Crippen LogP contribution in [0, 0.1) is 11.8 Å². The minimum atomic E-state index is -0.699. The molecule has 0 unspecified atom stereocenters. The number of rotatable bonds is 6. The molecular formula is C18H26O5. The van der Waals surface area contributed by atoms with E-state index in [1.54, 1.807) is 7.11 Å². The molecule has 128 valence electrons. The molecule has 1 heterocycles. The fourth-order valence-electron chi connectivity index (χ4n) is 2.93. The second-order valence-electron chi connectivity index (χ2n) is 6.35. The Bertz CT molecular complexity index is 513. The normalized spacial score (nSPS) is 27.3. The molecule has 0 saturated carbocycles. The predicted octanol–water partition coefficient (Wildman–Crippen LogP) is 2.72. The number of benzene rings is 1. The number of ketones is 1. The molecule has 2 rings (SSSR count). The third-order valence-corrected chi connectivity index (χ3v) is 4.36. The molecule has 5 atom stereocenters. The third kappa shape index (κ3) is 4.53. The van der Waals surface area contributed by atoms with Gasteiger partial charge in [0, 0.05) is 23.8 Å². The first kappa shape index (κ1) is 17.9. The Hall–Kier alpha value is -1.43. The van der Waals surface area contributed by atoms with Gasteiger partial charge in [0.15, 0.2) is 6.29 Å². The number of hydrogen-bond acceptors (Lipinski definition) is 5. The fraction of sp³-hybridized carbons (Fsp3) is 0.611. The monoisotopic (exact) mass is 322 g/mol. The molecule has 0 amide bonds. The summed E-state index contributed by atoms with van der Waals surface area (Å²) in [5.41, 5.74) is 0.913. The van der Waals surface area contributed by atoms with E-state index in [-0.39, 0.29) is 30.1 Å². The Balaban J connectivity index is 2.06. The molecule has 1 aliphatic rings. The zero-order valence-electron chi connectivity index (χ0n) is 14.2. The number of hydrogen-bond donors (Lipinski definition) is 1. The van der Waals surface area contributed by atoms with Gasteiger partial charge in [0.25, 0.3) is 0 Å². The van der Waals surface area contributed by atoms with Crippen molar-refractivity contribution in [2.75, 3.05) is 13.7 Å². The number of carbonyl (C=O) groups excluding carboxylic acids is 1. The highest BCUT2D eigenvalue weighted by Gasteiger charge is 2.36. The van der Waals surface area contributed by atoms with E-state index >= 15 is 0 Å². The number of methoxy groups -OCH3 is 1. The minimum Gasteiger partial charge on any atom is -0.497 e. The third-order valence-electron chi connectivity index (χ3n) is 4.36. The van der Waals surface area contributed by atoms with Gasteiger partial charge in [-0.25, -0.2) is 0 Å². The van der Waals surface area contributed by atoms with Crippen molar-refractivity contribution in [3.63, 3.8) is 0 Å². The summed E-state index contributed by atoms with van der Waals surface area (Å²) in [4.78, 5) is 11.2. The predicted molar refractivity (Wildman–Crippen MR) is 86.2 cm³/mol. The van der Waals surface area contributed by atoms with Crippen LogP contribution in [0.3, 0.4) is 0 Å². The maximum absolute atomic E-state index is 11.2. The standard InChI is InChI=1S/C18H26O5/c1-11-10-22-18(14-5-7-15(21-4)8-6-14)23-17(11)13(3)16(20)9-12(2)19/h5-8,11,13,16-18,20H,9-10H2,1-4H3/t11-,13-,16-,17-,18-/m0/s1. The molecule has 1 aromatic rings. The molecule has 1 aliphatic heterocycles. The summed E-state index contributed by atoms with van der Waals surface area (Å²) in [6.45, 7) is 6.00. The van der Waals surface area contributed by atoms with Gasteiger partial charge >= 0.3 is 0 Å². The molecule has 1 saturated heterocycles. The SMILES string of the molecule is COc1ccc([C@H]2OC[C@H](C)[C@@H]([C@@H](C)[C@@H](O)CC(C)=O)O2)cc1. The topological polar surface area (TPSA) is 65.0 Å². The molecule has 23 heavy (non-hydrogen) atoms. The molecule has 5 heteroatoms. The van der Waals surface area contributed by atoms with Crippen LogP contribution in [0.2, 0.25) is 0 Å². The zero-order chi connectivity index (χ0) is 17.0. The fourth-order valence-corrected chi connectivity index (χ4v) is 2.93. The van der Waals surface area contributed by atoms with Crippen LogP contribution < -0.4 is 4.74 Å². The number of ether oxygens (including phenoxy) is 3. The van der Waals surface area contributed by atoms with Crippen molar-refractivity contribution in [1.82, 2.24) is 0 Å². The van der Waals surface area contributed by atoms with E-state index in [1.165, 1.54) is 6.92 Å². The summed E-state index contributed by atoms with van der Waals surface area (Å²) in [7, 11) is 1.62. The summed E-state index contributed by atoms with van der Waals surface area (Å²) in [5.74, 6) is 0.773. The number of carbonyl (C=O) groups is 1. The van der Waals surface area contributed by atoms with Crippen LogP contribution in [0.1, 0.15) is 39.0 Å². The molecule has 0 aliphatic carbocycles. The molecule has 0 bridgehead atoms. The van der Waals surface area contributed by atoms with Crippen molar-refractivity contribution in [3.8, 4) is 5.75 Å².